The first-order valence-electron chi connectivity index (χ1n) is 3.65. The second kappa shape index (κ2) is 3.29. The molecule has 6 heteroatoms. The summed E-state index contributed by atoms with van der Waals surface area (Å²) in [7, 11) is -1.66. The highest BCUT2D eigenvalue weighted by Crippen LogP contribution is 1.88. The van der Waals surface area contributed by atoms with Gasteiger partial charge >= 0.3 is 0 Å². The van der Waals surface area contributed by atoms with Crippen molar-refractivity contribution < 1.29 is 8.42 Å². The minimum Gasteiger partial charge on any atom is -0.317 e. The molecule has 0 unspecified atom stereocenters. The minimum absolute atomic E-state index is 0.197. The lowest BCUT2D eigenvalue weighted by Crippen LogP contribution is -2.24. The SMILES string of the molecule is Cc1ccnc(=NS(C)(=O)=O)n1C. The Kier molecular flexibility index (Phi) is 2.51. The smallest absolute Gasteiger partial charge is 0.253 e. The standard InChI is InChI=1S/C7H11N3O2S/c1-6-4-5-8-7(10(6)2)9-13(3,11)12/h4-5H,1-3H3. The van der Waals surface area contributed by atoms with Gasteiger partial charge in [0.2, 0.25) is 5.62 Å². The highest BCUT2D eigenvalue weighted by atomic mass is 32.2. The third-order valence-corrected chi connectivity index (χ3v) is 2.08. The second-order valence-corrected chi connectivity index (χ2v) is 4.42. The van der Waals surface area contributed by atoms with Crippen molar-refractivity contribution in [3.05, 3.63) is 23.6 Å². The molecule has 0 atom stereocenters. The maximum Gasteiger partial charge on any atom is 0.253 e. The third kappa shape index (κ3) is 2.66. The van der Waals surface area contributed by atoms with E-state index in [2.05, 4.69) is 9.38 Å². The number of nitrogens with zero attached hydrogens (tertiary/aromatic N) is 3. The maximum atomic E-state index is 10.8. The van der Waals surface area contributed by atoms with E-state index in [0.29, 0.717) is 0 Å². The second-order valence-electron chi connectivity index (χ2n) is 2.77. The predicted octanol–water partition coefficient (Wildman–Crippen LogP) is -0.411. The number of hydrogen-bond acceptors (Lipinski definition) is 3. The summed E-state index contributed by atoms with van der Waals surface area (Å²) < 4.78 is 26.8. The van der Waals surface area contributed by atoms with Crippen LogP contribution in [0.1, 0.15) is 5.69 Å². The van der Waals surface area contributed by atoms with Crippen molar-refractivity contribution in [1.29, 1.82) is 0 Å². The fourth-order valence-corrected chi connectivity index (χ4v) is 1.27. The molecule has 1 aromatic heterocycles. The van der Waals surface area contributed by atoms with Crippen molar-refractivity contribution in [2.75, 3.05) is 6.26 Å². The summed E-state index contributed by atoms with van der Waals surface area (Å²) in [5.74, 6) is 0. The topological polar surface area (TPSA) is 64.3 Å². The van der Waals surface area contributed by atoms with Crippen molar-refractivity contribution in [2.24, 2.45) is 11.4 Å². The van der Waals surface area contributed by atoms with Gasteiger partial charge in [-0.3, -0.25) is 0 Å². The number of aromatic nitrogens is 2. The summed E-state index contributed by atoms with van der Waals surface area (Å²) in [4.78, 5) is 3.84. The molecule has 0 fully saturated rings. The van der Waals surface area contributed by atoms with Crippen LogP contribution in [0, 0.1) is 6.92 Å². The summed E-state index contributed by atoms with van der Waals surface area (Å²) in [5.41, 5.74) is 1.10. The normalized spacial score (nSPS) is 13.3. The Morgan fingerprint density at radius 3 is 2.69 bits per heavy atom. The van der Waals surface area contributed by atoms with Gasteiger partial charge in [-0.05, 0) is 13.0 Å². The fourth-order valence-electron chi connectivity index (χ4n) is 0.801. The molecule has 0 amide bonds. The van der Waals surface area contributed by atoms with Crippen LogP contribution in [-0.2, 0) is 17.1 Å². The average Bonchev–Trinajstić information content (AvgIpc) is 1.96. The van der Waals surface area contributed by atoms with Crippen LogP contribution in [0.15, 0.2) is 16.7 Å². The first-order chi connectivity index (χ1) is 5.90. The molecule has 5 nitrogen and oxygen atoms in total. The van der Waals surface area contributed by atoms with E-state index in [-0.39, 0.29) is 5.62 Å². The van der Waals surface area contributed by atoms with E-state index in [0.717, 1.165) is 11.9 Å². The summed E-state index contributed by atoms with van der Waals surface area (Å²) in [6, 6.07) is 1.78. The Hall–Kier alpha value is -1.17. The summed E-state index contributed by atoms with van der Waals surface area (Å²) >= 11 is 0. The lowest BCUT2D eigenvalue weighted by atomic mass is 10.4. The molecule has 0 saturated heterocycles. The van der Waals surface area contributed by atoms with E-state index >= 15 is 0 Å². The Balaban J connectivity index is 3.49. The van der Waals surface area contributed by atoms with Gasteiger partial charge in [-0.25, -0.2) is 13.4 Å². The molecule has 0 aliphatic heterocycles. The van der Waals surface area contributed by atoms with Gasteiger partial charge in [-0.1, -0.05) is 0 Å². The van der Waals surface area contributed by atoms with Gasteiger partial charge in [0.25, 0.3) is 10.0 Å². The fraction of sp³-hybridized carbons (Fsp3) is 0.429. The number of hydrogen-bond donors (Lipinski definition) is 0. The third-order valence-electron chi connectivity index (χ3n) is 1.58. The van der Waals surface area contributed by atoms with Gasteiger partial charge in [0.05, 0.1) is 6.26 Å². The van der Waals surface area contributed by atoms with E-state index in [1.54, 1.807) is 17.7 Å². The average molecular weight is 201 g/mol. The van der Waals surface area contributed by atoms with Crippen LogP contribution in [0.25, 0.3) is 0 Å². The molecule has 0 bridgehead atoms. The summed E-state index contributed by atoms with van der Waals surface area (Å²) in [5, 5.41) is 0. The molecule has 1 heterocycles. The quantitative estimate of drug-likeness (QED) is 0.620. The van der Waals surface area contributed by atoms with Crippen LogP contribution < -0.4 is 5.62 Å². The Morgan fingerprint density at radius 2 is 2.15 bits per heavy atom. The Morgan fingerprint density at radius 1 is 1.54 bits per heavy atom. The monoisotopic (exact) mass is 201 g/mol. The van der Waals surface area contributed by atoms with Gasteiger partial charge < -0.3 is 4.57 Å². The maximum absolute atomic E-state index is 10.8. The molecule has 0 aliphatic rings. The van der Waals surface area contributed by atoms with Crippen molar-refractivity contribution >= 4 is 10.0 Å². The zero-order chi connectivity index (χ0) is 10.1. The minimum atomic E-state index is -3.37. The zero-order valence-electron chi connectivity index (χ0n) is 7.72. The number of rotatable bonds is 1. The summed E-state index contributed by atoms with van der Waals surface area (Å²) in [6.45, 7) is 1.85. The van der Waals surface area contributed by atoms with E-state index in [4.69, 9.17) is 0 Å². The van der Waals surface area contributed by atoms with E-state index in [9.17, 15) is 8.42 Å². The highest BCUT2D eigenvalue weighted by Gasteiger charge is 1.98. The summed E-state index contributed by atoms with van der Waals surface area (Å²) in [6.07, 6.45) is 2.57. The molecule has 13 heavy (non-hydrogen) atoms. The molecule has 1 aromatic rings. The molecular formula is C7H11N3O2S. The van der Waals surface area contributed by atoms with Gasteiger partial charge in [0.1, 0.15) is 0 Å². The zero-order valence-corrected chi connectivity index (χ0v) is 8.54. The van der Waals surface area contributed by atoms with Gasteiger partial charge in [-0.15, -0.1) is 4.40 Å². The number of aryl methyl sites for hydroxylation is 1. The van der Waals surface area contributed by atoms with E-state index < -0.39 is 10.0 Å². The van der Waals surface area contributed by atoms with Crippen LogP contribution >= 0.6 is 0 Å². The lowest BCUT2D eigenvalue weighted by molar-refractivity contribution is 0.600. The van der Waals surface area contributed by atoms with E-state index in [1.807, 2.05) is 6.92 Å². The predicted molar refractivity (Wildman–Crippen MR) is 48.4 cm³/mol. The largest absolute Gasteiger partial charge is 0.317 e. The van der Waals surface area contributed by atoms with Crippen molar-refractivity contribution in [1.82, 2.24) is 9.55 Å². The number of sulfonamides is 1. The van der Waals surface area contributed by atoms with Crippen LogP contribution in [-0.4, -0.2) is 24.2 Å². The lowest BCUT2D eigenvalue weighted by Gasteiger charge is -2.01. The van der Waals surface area contributed by atoms with Crippen molar-refractivity contribution in [2.45, 2.75) is 6.92 Å². The first-order valence-corrected chi connectivity index (χ1v) is 5.49. The highest BCUT2D eigenvalue weighted by molar-refractivity contribution is 7.89. The van der Waals surface area contributed by atoms with Gasteiger partial charge in [0, 0.05) is 18.9 Å². The molecule has 0 spiro atoms. The Bertz CT molecular complexity index is 473. The molecule has 1 rings (SSSR count). The molecule has 0 saturated carbocycles. The molecule has 0 N–H and O–H groups in total. The van der Waals surface area contributed by atoms with Crippen LogP contribution in [0.4, 0.5) is 0 Å². The molecule has 0 aromatic carbocycles. The molecular weight excluding hydrogens is 190 g/mol. The molecule has 0 radical (unpaired) electrons. The first kappa shape index (κ1) is 9.91. The van der Waals surface area contributed by atoms with E-state index in [1.165, 1.54) is 6.20 Å². The van der Waals surface area contributed by atoms with Gasteiger partial charge in [0.15, 0.2) is 0 Å². The Labute approximate surface area is 76.8 Å². The van der Waals surface area contributed by atoms with Crippen molar-refractivity contribution in [3.8, 4) is 0 Å². The van der Waals surface area contributed by atoms with Crippen LogP contribution in [0.5, 0.6) is 0 Å². The van der Waals surface area contributed by atoms with Crippen LogP contribution in [0.3, 0.4) is 0 Å². The van der Waals surface area contributed by atoms with Gasteiger partial charge in [-0.2, -0.15) is 0 Å². The van der Waals surface area contributed by atoms with Crippen molar-refractivity contribution in [3.63, 3.8) is 0 Å². The molecule has 72 valence electrons. The molecule has 0 aliphatic carbocycles. The van der Waals surface area contributed by atoms with Crippen LogP contribution in [0.2, 0.25) is 0 Å².